The van der Waals surface area contributed by atoms with Gasteiger partial charge in [-0.3, -0.25) is 9.69 Å². The number of carbonyl (C=O) groups is 1. The molecule has 1 heterocycles. The number of hydrogen-bond donors (Lipinski definition) is 0. The van der Waals surface area contributed by atoms with Gasteiger partial charge in [-0.15, -0.1) is 24.5 Å². The molecule has 2 rings (SSSR count). The number of rotatable bonds is 12. The van der Waals surface area contributed by atoms with Crippen molar-refractivity contribution in [3.05, 3.63) is 77.5 Å². The van der Waals surface area contributed by atoms with E-state index in [9.17, 15) is 4.79 Å². The summed E-state index contributed by atoms with van der Waals surface area (Å²) >= 11 is 1.45. The molecule has 0 unspecified atom stereocenters. The Morgan fingerprint density at radius 3 is 2.52 bits per heavy atom. The van der Waals surface area contributed by atoms with Crippen LogP contribution in [0.3, 0.4) is 0 Å². The van der Waals surface area contributed by atoms with Gasteiger partial charge in [-0.25, -0.2) is 0 Å². The highest BCUT2D eigenvalue weighted by Gasteiger charge is 2.14. The molecule has 1 aromatic heterocycles. The van der Waals surface area contributed by atoms with E-state index in [1.54, 1.807) is 0 Å². The molecule has 0 atom stereocenters. The molecule has 4 heteroatoms. The fourth-order valence-electron chi connectivity index (χ4n) is 2.54. The maximum absolute atomic E-state index is 12.5. The quantitative estimate of drug-likeness (QED) is 0.411. The summed E-state index contributed by atoms with van der Waals surface area (Å²) < 4.78 is 5.85. The molecule has 0 fully saturated rings. The summed E-state index contributed by atoms with van der Waals surface area (Å²) in [6, 6.07) is 12.0. The molecule has 3 nitrogen and oxygen atoms in total. The van der Waals surface area contributed by atoms with Crippen LogP contribution in [0.4, 0.5) is 0 Å². The number of thiophene rings is 1. The van der Waals surface area contributed by atoms with E-state index in [2.05, 4.69) is 18.1 Å². The van der Waals surface area contributed by atoms with Crippen LogP contribution >= 0.6 is 11.3 Å². The minimum absolute atomic E-state index is 0.142. The molecule has 0 amide bonds. The Labute approximate surface area is 154 Å². The molecule has 0 aliphatic rings. The SMILES string of the molecule is C=CCN(CC=C)CCOc1ccsc1C(=O)CCc1ccccc1. The maximum Gasteiger partial charge on any atom is 0.176 e. The van der Waals surface area contributed by atoms with Crippen molar-refractivity contribution < 1.29 is 9.53 Å². The molecule has 0 aliphatic heterocycles. The van der Waals surface area contributed by atoms with E-state index in [0.717, 1.165) is 30.9 Å². The minimum Gasteiger partial charge on any atom is -0.491 e. The largest absolute Gasteiger partial charge is 0.491 e. The van der Waals surface area contributed by atoms with E-state index < -0.39 is 0 Å². The second-order valence-corrected chi connectivity index (χ2v) is 6.62. The van der Waals surface area contributed by atoms with E-state index in [4.69, 9.17) is 4.74 Å². The fraction of sp³-hybridized carbons (Fsp3) is 0.286. The van der Waals surface area contributed by atoms with Gasteiger partial charge in [0.2, 0.25) is 0 Å². The van der Waals surface area contributed by atoms with Gasteiger partial charge in [0, 0.05) is 26.1 Å². The van der Waals surface area contributed by atoms with Crippen molar-refractivity contribution in [1.29, 1.82) is 0 Å². The Bertz CT molecular complexity index is 668. The lowest BCUT2D eigenvalue weighted by atomic mass is 10.1. The molecule has 0 bridgehead atoms. The van der Waals surface area contributed by atoms with Gasteiger partial charge in [0.25, 0.3) is 0 Å². The first-order valence-corrected chi connectivity index (χ1v) is 9.34. The van der Waals surface area contributed by atoms with Crippen molar-refractivity contribution in [3.63, 3.8) is 0 Å². The molecule has 0 N–H and O–H groups in total. The van der Waals surface area contributed by atoms with Gasteiger partial charge >= 0.3 is 0 Å². The van der Waals surface area contributed by atoms with Crippen LogP contribution in [0.15, 0.2) is 67.1 Å². The maximum atomic E-state index is 12.5. The molecule has 0 radical (unpaired) electrons. The topological polar surface area (TPSA) is 29.5 Å². The standard InChI is InChI=1S/C21H25NO2S/c1-3-13-22(14-4-2)15-16-24-20-12-17-25-21(20)19(23)11-10-18-8-6-5-7-9-18/h3-9,12,17H,1-2,10-11,13-16H2. The molecule has 2 aromatic rings. The zero-order valence-electron chi connectivity index (χ0n) is 14.5. The smallest absolute Gasteiger partial charge is 0.176 e. The van der Waals surface area contributed by atoms with Crippen LogP contribution in [-0.4, -0.2) is 36.9 Å². The van der Waals surface area contributed by atoms with E-state index in [1.807, 2.05) is 53.9 Å². The highest BCUT2D eigenvalue weighted by Crippen LogP contribution is 2.26. The Kier molecular flexibility index (Phi) is 8.16. The highest BCUT2D eigenvalue weighted by molar-refractivity contribution is 7.12. The summed E-state index contributed by atoms with van der Waals surface area (Å²) in [5.74, 6) is 0.836. The van der Waals surface area contributed by atoms with Crippen molar-refractivity contribution in [2.75, 3.05) is 26.2 Å². The average Bonchev–Trinajstić information content (AvgIpc) is 3.09. The second kappa shape index (κ2) is 10.6. The summed E-state index contributed by atoms with van der Waals surface area (Å²) in [4.78, 5) is 15.4. The number of carbonyl (C=O) groups excluding carboxylic acids is 1. The lowest BCUT2D eigenvalue weighted by Gasteiger charge is -2.18. The van der Waals surface area contributed by atoms with Gasteiger partial charge in [-0.05, 0) is 23.4 Å². The van der Waals surface area contributed by atoms with Crippen molar-refractivity contribution in [3.8, 4) is 5.75 Å². The Hall–Kier alpha value is -2.17. The third-order valence-electron chi connectivity index (χ3n) is 3.81. The first-order valence-electron chi connectivity index (χ1n) is 8.46. The lowest BCUT2D eigenvalue weighted by Crippen LogP contribution is -2.28. The van der Waals surface area contributed by atoms with Crippen molar-refractivity contribution in [1.82, 2.24) is 4.90 Å². The first kappa shape index (κ1) is 19.2. The number of benzene rings is 1. The highest BCUT2D eigenvalue weighted by atomic mass is 32.1. The predicted molar refractivity (Wildman–Crippen MR) is 106 cm³/mol. The van der Waals surface area contributed by atoms with E-state index in [1.165, 1.54) is 16.9 Å². The van der Waals surface area contributed by atoms with E-state index in [0.29, 0.717) is 18.8 Å². The molecule has 0 spiro atoms. The molecular weight excluding hydrogens is 330 g/mol. The molecule has 1 aromatic carbocycles. The zero-order chi connectivity index (χ0) is 17.9. The summed E-state index contributed by atoms with van der Waals surface area (Å²) in [6.45, 7) is 10.4. The predicted octanol–water partition coefficient (Wildman–Crippen LogP) is 4.62. The van der Waals surface area contributed by atoms with Crippen LogP contribution < -0.4 is 4.74 Å². The normalized spacial score (nSPS) is 10.6. The van der Waals surface area contributed by atoms with Crippen LogP contribution in [0.25, 0.3) is 0 Å². The molecule has 0 saturated carbocycles. The number of ketones is 1. The molecule has 132 valence electrons. The Balaban J connectivity index is 1.85. The van der Waals surface area contributed by atoms with Gasteiger partial charge in [-0.2, -0.15) is 0 Å². The van der Waals surface area contributed by atoms with Crippen molar-refractivity contribution in [2.24, 2.45) is 0 Å². The summed E-state index contributed by atoms with van der Waals surface area (Å²) in [7, 11) is 0. The third-order valence-corrected chi connectivity index (χ3v) is 4.74. The van der Waals surface area contributed by atoms with Crippen LogP contribution in [-0.2, 0) is 6.42 Å². The average molecular weight is 356 g/mol. The van der Waals surface area contributed by atoms with Gasteiger partial charge in [0.1, 0.15) is 17.2 Å². The number of nitrogens with zero attached hydrogens (tertiary/aromatic N) is 1. The van der Waals surface area contributed by atoms with Gasteiger partial charge in [0.15, 0.2) is 5.78 Å². The van der Waals surface area contributed by atoms with Gasteiger partial charge < -0.3 is 4.74 Å². The van der Waals surface area contributed by atoms with E-state index in [-0.39, 0.29) is 5.78 Å². The third kappa shape index (κ3) is 6.33. The van der Waals surface area contributed by atoms with Crippen molar-refractivity contribution in [2.45, 2.75) is 12.8 Å². The number of hydrogen-bond acceptors (Lipinski definition) is 4. The van der Waals surface area contributed by atoms with Crippen LogP contribution in [0.1, 0.15) is 21.7 Å². The first-order chi connectivity index (χ1) is 12.2. The monoisotopic (exact) mass is 355 g/mol. The summed E-state index contributed by atoms with van der Waals surface area (Å²) in [5.41, 5.74) is 1.18. The molecule has 0 aliphatic carbocycles. The second-order valence-electron chi connectivity index (χ2n) is 5.71. The number of Topliss-reactive ketones (excluding diaryl/α,β-unsaturated/α-hetero) is 1. The van der Waals surface area contributed by atoms with Crippen LogP contribution in [0.5, 0.6) is 5.75 Å². The minimum atomic E-state index is 0.142. The fourth-order valence-corrected chi connectivity index (χ4v) is 3.34. The zero-order valence-corrected chi connectivity index (χ0v) is 15.3. The number of ether oxygens (including phenoxy) is 1. The number of aryl methyl sites for hydroxylation is 1. The van der Waals surface area contributed by atoms with E-state index >= 15 is 0 Å². The summed E-state index contributed by atoms with van der Waals surface area (Å²) in [5, 5.41) is 1.91. The van der Waals surface area contributed by atoms with Gasteiger partial charge in [0.05, 0.1) is 0 Å². The van der Waals surface area contributed by atoms with Crippen molar-refractivity contribution >= 4 is 17.1 Å². The lowest BCUT2D eigenvalue weighted by molar-refractivity contribution is 0.0982. The molecular formula is C21H25NO2S. The molecule has 0 saturated heterocycles. The molecule has 25 heavy (non-hydrogen) atoms. The van der Waals surface area contributed by atoms with Gasteiger partial charge in [-0.1, -0.05) is 42.5 Å². The Morgan fingerprint density at radius 1 is 1.12 bits per heavy atom. The Morgan fingerprint density at radius 2 is 1.84 bits per heavy atom. The van der Waals surface area contributed by atoms with Crippen LogP contribution in [0, 0.1) is 0 Å². The van der Waals surface area contributed by atoms with Crippen LogP contribution in [0.2, 0.25) is 0 Å². The summed E-state index contributed by atoms with van der Waals surface area (Å²) in [6.07, 6.45) is 4.99.